The molecule has 0 aliphatic carbocycles. The van der Waals surface area contributed by atoms with Gasteiger partial charge in [-0.25, -0.2) is 18.7 Å². The van der Waals surface area contributed by atoms with Crippen LogP contribution in [0.4, 0.5) is 8.78 Å². The molecular formula is C14H12F2N2O2. The zero-order chi connectivity index (χ0) is 14.7. The summed E-state index contributed by atoms with van der Waals surface area (Å²) in [4.78, 5) is 18.8. The Bertz CT molecular complexity index is 660. The van der Waals surface area contributed by atoms with Crippen LogP contribution in [-0.4, -0.2) is 21.0 Å². The second-order valence-corrected chi connectivity index (χ2v) is 4.33. The second-order valence-electron chi connectivity index (χ2n) is 4.33. The fraction of sp³-hybridized carbons (Fsp3) is 0.214. The van der Waals surface area contributed by atoms with Gasteiger partial charge >= 0.3 is 5.97 Å². The van der Waals surface area contributed by atoms with Crippen LogP contribution in [0.5, 0.6) is 0 Å². The maximum atomic E-state index is 13.7. The molecule has 0 fully saturated rings. The van der Waals surface area contributed by atoms with Crippen LogP contribution in [0.2, 0.25) is 0 Å². The fourth-order valence-corrected chi connectivity index (χ4v) is 1.80. The Morgan fingerprint density at radius 1 is 1.25 bits per heavy atom. The van der Waals surface area contributed by atoms with Crippen LogP contribution in [0.15, 0.2) is 24.3 Å². The third kappa shape index (κ3) is 3.34. The smallest absolute Gasteiger partial charge is 0.303 e. The Balaban J connectivity index is 2.38. The molecule has 0 atom stereocenters. The van der Waals surface area contributed by atoms with Gasteiger partial charge in [0.2, 0.25) is 0 Å². The number of aryl methyl sites for hydroxylation is 2. The molecule has 0 unspecified atom stereocenters. The van der Waals surface area contributed by atoms with Gasteiger partial charge in [0, 0.05) is 23.7 Å². The molecule has 1 N–H and O–H groups in total. The average Bonchev–Trinajstić information content (AvgIpc) is 2.35. The highest BCUT2D eigenvalue weighted by Gasteiger charge is 2.11. The van der Waals surface area contributed by atoms with Gasteiger partial charge in [-0.1, -0.05) is 0 Å². The molecule has 2 aromatic rings. The van der Waals surface area contributed by atoms with Gasteiger partial charge in [-0.05, 0) is 25.1 Å². The van der Waals surface area contributed by atoms with Crippen molar-refractivity contribution >= 4 is 5.97 Å². The van der Waals surface area contributed by atoms with E-state index in [2.05, 4.69) is 9.97 Å². The minimum Gasteiger partial charge on any atom is -0.481 e. The number of hydrogen-bond acceptors (Lipinski definition) is 3. The molecule has 0 aliphatic heterocycles. The first-order chi connectivity index (χ1) is 9.45. The van der Waals surface area contributed by atoms with Crippen LogP contribution in [0.1, 0.15) is 17.9 Å². The molecule has 0 bridgehead atoms. The number of carbonyl (C=O) groups is 1. The highest BCUT2D eigenvalue weighted by atomic mass is 19.1. The zero-order valence-corrected chi connectivity index (χ0v) is 10.7. The number of carboxylic acid groups (broad SMARTS) is 1. The minimum absolute atomic E-state index is 0.102. The first-order valence-electron chi connectivity index (χ1n) is 5.97. The molecule has 0 aliphatic rings. The molecule has 1 aromatic heterocycles. The Hall–Kier alpha value is -2.37. The normalized spacial score (nSPS) is 10.6. The number of benzene rings is 1. The summed E-state index contributed by atoms with van der Waals surface area (Å²) in [5.41, 5.74) is 1.07. The van der Waals surface area contributed by atoms with Crippen molar-refractivity contribution in [2.45, 2.75) is 19.8 Å². The highest BCUT2D eigenvalue weighted by Crippen LogP contribution is 2.22. The van der Waals surface area contributed by atoms with E-state index in [-0.39, 0.29) is 18.4 Å². The lowest BCUT2D eigenvalue weighted by Crippen LogP contribution is -2.04. The summed E-state index contributed by atoms with van der Waals surface area (Å²) in [7, 11) is 0. The lowest BCUT2D eigenvalue weighted by Gasteiger charge is -2.06. The summed E-state index contributed by atoms with van der Waals surface area (Å²) < 4.78 is 26.6. The molecule has 1 heterocycles. The summed E-state index contributed by atoms with van der Waals surface area (Å²) in [6.45, 7) is 1.71. The van der Waals surface area contributed by atoms with Gasteiger partial charge in [0.25, 0.3) is 0 Å². The van der Waals surface area contributed by atoms with Crippen LogP contribution >= 0.6 is 0 Å². The van der Waals surface area contributed by atoms with E-state index in [0.29, 0.717) is 17.2 Å². The standard InChI is InChI=1S/C14H12F2N2O2/c1-8-6-12(10-3-2-9(15)7-11(10)16)18-13(17-8)4-5-14(19)20/h2-3,6-7H,4-5H2,1H3,(H,19,20). The Morgan fingerprint density at radius 3 is 2.65 bits per heavy atom. The first-order valence-corrected chi connectivity index (χ1v) is 5.97. The molecule has 0 saturated heterocycles. The monoisotopic (exact) mass is 278 g/mol. The average molecular weight is 278 g/mol. The van der Waals surface area contributed by atoms with Gasteiger partial charge in [0.05, 0.1) is 12.1 Å². The Kier molecular flexibility index (Phi) is 4.02. The van der Waals surface area contributed by atoms with Crippen molar-refractivity contribution in [3.63, 3.8) is 0 Å². The second kappa shape index (κ2) is 5.73. The molecule has 0 saturated carbocycles. The third-order valence-electron chi connectivity index (χ3n) is 2.67. The molecule has 0 amide bonds. The van der Waals surface area contributed by atoms with Crippen molar-refractivity contribution in [3.8, 4) is 11.3 Å². The number of aliphatic carboxylic acids is 1. The van der Waals surface area contributed by atoms with Gasteiger partial charge in [0.15, 0.2) is 0 Å². The lowest BCUT2D eigenvalue weighted by atomic mass is 10.1. The van der Waals surface area contributed by atoms with Crippen LogP contribution in [0.25, 0.3) is 11.3 Å². The topological polar surface area (TPSA) is 63.1 Å². The van der Waals surface area contributed by atoms with Gasteiger partial charge in [0.1, 0.15) is 17.5 Å². The fourth-order valence-electron chi connectivity index (χ4n) is 1.80. The molecular weight excluding hydrogens is 266 g/mol. The Morgan fingerprint density at radius 2 is 2.00 bits per heavy atom. The van der Waals surface area contributed by atoms with Crippen molar-refractivity contribution in [3.05, 3.63) is 47.4 Å². The van der Waals surface area contributed by atoms with Gasteiger partial charge in [-0.15, -0.1) is 0 Å². The SMILES string of the molecule is Cc1cc(-c2ccc(F)cc2F)nc(CCC(=O)O)n1. The lowest BCUT2D eigenvalue weighted by molar-refractivity contribution is -0.137. The summed E-state index contributed by atoms with van der Waals surface area (Å²) in [5.74, 6) is -2.01. The summed E-state index contributed by atoms with van der Waals surface area (Å²) in [5, 5.41) is 8.65. The molecule has 0 spiro atoms. The largest absolute Gasteiger partial charge is 0.481 e. The zero-order valence-electron chi connectivity index (χ0n) is 10.7. The maximum absolute atomic E-state index is 13.7. The van der Waals surface area contributed by atoms with Crippen LogP contribution in [-0.2, 0) is 11.2 Å². The van der Waals surface area contributed by atoms with E-state index in [1.54, 1.807) is 13.0 Å². The van der Waals surface area contributed by atoms with E-state index in [4.69, 9.17) is 5.11 Å². The van der Waals surface area contributed by atoms with E-state index in [1.165, 1.54) is 6.07 Å². The molecule has 2 rings (SSSR count). The predicted octanol–water partition coefficient (Wildman–Crippen LogP) is 2.75. The van der Waals surface area contributed by atoms with Crippen molar-refractivity contribution in [2.75, 3.05) is 0 Å². The van der Waals surface area contributed by atoms with Crippen molar-refractivity contribution in [2.24, 2.45) is 0 Å². The molecule has 20 heavy (non-hydrogen) atoms. The van der Waals surface area contributed by atoms with Gasteiger partial charge in [-0.3, -0.25) is 4.79 Å². The maximum Gasteiger partial charge on any atom is 0.303 e. The predicted molar refractivity (Wildman–Crippen MR) is 68.1 cm³/mol. The van der Waals surface area contributed by atoms with E-state index in [1.807, 2.05) is 0 Å². The number of nitrogens with zero attached hydrogens (tertiary/aromatic N) is 2. The summed E-state index contributed by atoms with van der Waals surface area (Å²) in [6.07, 6.45) is 0.0572. The number of aromatic nitrogens is 2. The van der Waals surface area contributed by atoms with E-state index in [9.17, 15) is 13.6 Å². The Labute approximate surface area is 114 Å². The number of carboxylic acids is 1. The van der Waals surface area contributed by atoms with Gasteiger partial charge in [-0.2, -0.15) is 0 Å². The summed E-state index contributed by atoms with van der Waals surface area (Å²) in [6, 6.07) is 4.80. The molecule has 0 radical (unpaired) electrons. The van der Waals surface area contributed by atoms with Crippen molar-refractivity contribution in [1.82, 2.24) is 9.97 Å². The van der Waals surface area contributed by atoms with Crippen LogP contribution in [0.3, 0.4) is 0 Å². The van der Waals surface area contributed by atoms with E-state index < -0.39 is 17.6 Å². The van der Waals surface area contributed by atoms with E-state index in [0.717, 1.165) is 12.1 Å². The summed E-state index contributed by atoms with van der Waals surface area (Å²) >= 11 is 0. The molecule has 6 heteroatoms. The minimum atomic E-state index is -0.954. The van der Waals surface area contributed by atoms with Crippen LogP contribution in [0, 0.1) is 18.6 Å². The molecule has 1 aromatic carbocycles. The van der Waals surface area contributed by atoms with Crippen molar-refractivity contribution in [1.29, 1.82) is 0 Å². The number of rotatable bonds is 4. The third-order valence-corrected chi connectivity index (χ3v) is 2.67. The first kappa shape index (κ1) is 14.0. The molecule has 104 valence electrons. The van der Waals surface area contributed by atoms with E-state index >= 15 is 0 Å². The van der Waals surface area contributed by atoms with Crippen LogP contribution < -0.4 is 0 Å². The number of hydrogen-bond donors (Lipinski definition) is 1. The number of halogens is 2. The van der Waals surface area contributed by atoms with Crippen molar-refractivity contribution < 1.29 is 18.7 Å². The van der Waals surface area contributed by atoms with Gasteiger partial charge < -0.3 is 5.11 Å². The molecule has 4 nitrogen and oxygen atoms in total. The highest BCUT2D eigenvalue weighted by molar-refractivity contribution is 5.67. The quantitative estimate of drug-likeness (QED) is 0.934.